The average molecular weight is 434 g/mol. The summed E-state index contributed by atoms with van der Waals surface area (Å²) < 4.78 is 1.01. The molecular weight excluding hydrogens is 414 g/mol. The molecule has 2 N–H and O–H groups in total. The maximum Gasteiger partial charge on any atom is 0.251 e. The fraction of sp³-hybridized carbons (Fsp3) is 0.130. The number of carbonyl (C=O) groups excluding carboxylic acids is 1. The lowest BCUT2D eigenvalue weighted by Crippen LogP contribution is -2.22. The number of carbonyl (C=O) groups is 1. The van der Waals surface area contributed by atoms with Gasteiger partial charge in [-0.1, -0.05) is 52.3 Å². The van der Waals surface area contributed by atoms with Crippen molar-refractivity contribution in [1.29, 1.82) is 0 Å². The summed E-state index contributed by atoms with van der Waals surface area (Å²) in [5.41, 5.74) is 4.97. The standard InChI is InChI=1S/C23H20BrN3O/c24-19-5-3-4-17(14-19)15-25-23(28)18-11-8-16(9-12-18)10-13-22-26-20-6-1-2-7-21(20)27-22/h1-9,11-12,14H,10,13,15H2,(H,25,28)(H,26,27). The van der Waals surface area contributed by atoms with Crippen LogP contribution in [-0.2, 0) is 19.4 Å². The van der Waals surface area contributed by atoms with Crippen molar-refractivity contribution in [2.75, 3.05) is 0 Å². The molecule has 4 aromatic rings. The maximum absolute atomic E-state index is 12.4. The first-order valence-electron chi connectivity index (χ1n) is 9.22. The largest absolute Gasteiger partial charge is 0.348 e. The van der Waals surface area contributed by atoms with Gasteiger partial charge in [0, 0.05) is 23.0 Å². The average Bonchev–Trinajstić information content (AvgIpc) is 3.14. The van der Waals surface area contributed by atoms with Crippen LogP contribution in [0.5, 0.6) is 0 Å². The normalized spacial score (nSPS) is 10.9. The molecular formula is C23H20BrN3O. The van der Waals surface area contributed by atoms with E-state index in [1.165, 1.54) is 5.56 Å². The van der Waals surface area contributed by atoms with E-state index >= 15 is 0 Å². The zero-order chi connectivity index (χ0) is 19.3. The zero-order valence-electron chi connectivity index (χ0n) is 15.3. The summed E-state index contributed by atoms with van der Waals surface area (Å²) in [5, 5.41) is 2.96. The van der Waals surface area contributed by atoms with Gasteiger partial charge < -0.3 is 10.3 Å². The lowest BCUT2D eigenvalue weighted by molar-refractivity contribution is 0.0951. The van der Waals surface area contributed by atoms with Gasteiger partial charge in [-0.2, -0.15) is 0 Å². The Morgan fingerprint density at radius 1 is 0.929 bits per heavy atom. The molecule has 28 heavy (non-hydrogen) atoms. The van der Waals surface area contributed by atoms with Gasteiger partial charge in [0.15, 0.2) is 0 Å². The molecule has 5 heteroatoms. The molecule has 0 aliphatic carbocycles. The monoisotopic (exact) mass is 433 g/mol. The van der Waals surface area contributed by atoms with Gasteiger partial charge in [-0.05, 0) is 53.9 Å². The third-order valence-corrected chi connectivity index (χ3v) is 5.14. The number of rotatable bonds is 6. The summed E-state index contributed by atoms with van der Waals surface area (Å²) in [6.07, 6.45) is 1.71. The Labute approximate surface area is 172 Å². The molecule has 0 atom stereocenters. The lowest BCUT2D eigenvalue weighted by atomic mass is 10.1. The van der Waals surface area contributed by atoms with Crippen molar-refractivity contribution in [2.24, 2.45) is 0 Å². The van der Waals surface area contributed by atoms with Gasteiger partial charge in [-0.25, -0.2) is 4.98 Å². The number of hydrogen-bond donors (Lipinski definition) is 2. The van der Waals surface area contributed by atoms with Crippen molar-refractivity contribution in [2.45, 2.75) is 19.4 Å². The molecule has 0 saturated heterocycles. The second-order valence-corrected chi connectivity index (χ2v) is 7.63. The molecule has 1 aromatic heterocycles. The van der Waals surface area contributed by atoms with Gasteiger partial charge in [-0.15, -0.1) is 0 Å². The van der Waals surface area contributed by atoms with E-state index in [4.69, 9.17) is 0 Å². The number of H-pyrrole nitrogens is 1. The second-order valence-electron chi connectivity index (χ2n) is 6.71. The van der Waals surface area contributed by atoms with Gasteiger partial charge in [0.2, 0.25) is 0 Å². The van der Waals surface area contributed by atoms with Crippen molar-refractivity contribution in [3.8, 4) is 0 Å². The Kier molecular flexibility index (Phi) is 5.53. The highest BCUT2D eigenvalue weighted by molar-refractivity contribution is 9.10. The van der Waals surface area contributed by atoms with Crippen LogP contribution < -0.4 is 5.32 Å². The number of nitrogens with zero attached hydrogens (tertiary/aromatic N) is 1. The number of para-hydroxylation sites is 2. The number of benzene rings is 3. The predicted molar refractivity (Wildman–Crippen MR) is 115 cm³/mol. The minimum atomic E-state index is -0.0659. The Hall–Kier alpha value is -2.92. The lowest BCUT2D eigenvalue weighted by Gasteiger charge is -2.07. The molecule has 0 aliphatic rings. The van der Waals surface area contributed by atoms with E-state index in [0.717, 1.165) is 39.7 Å². The summed E-state index contributed by atoms with van der Waals surface area (Å²) >= 11 is 3.44. The zero-order valence-corrected chi connectivity index (χ0v) is 16.9. The number of hydrogen-bond acceptors (Lipinski definition) is 2. The number of halogens is 1. The van der Waals surface area contributed by atoms with E-state index in [1.807, 2.05) is 72.8 Å². The van der Waals surface area contributed by atoms with Crippen LogP contribution in [0.4, 0.5) is 0 Å². The van der Waals surface area contributed by atoms with Crippen LogP contribution in [0.15, 0.2) is 77.3 Å². The highest BCUT2D eigenvalue weighted by Crippen LogP contribution is 2.14. The van der Waals surface area contributed by atoms with Crippen LogP contribution in [-0.4, -0.2) is 15.9 Å². The van der Waals surface area contributed by atoms with E-state index < -0.39 is 0 Å². The fourth-order valence-electron chi connectivity index (χ4n) is 3.14. The van der Waals surface area contributed by atoms with Gasteiger partial charge in [-0.3, -0.25) is 4.79 Å². The molecule has 140 valence electrons. The molecule has 1 amide bonds. The van der Waals surface area contributed by atoms with Gasteiger partial charge >= 0.3 is 0 Å². The van der Waals surface area contributed by atoms with Crippen LogP contribution in [0, 0.1) is 0 Å². The van der Waals surface area contributed by atoms with Crippen molar-refractivity contribution < 1.29 is 4.79 Å². The Morgan fingerprint density at radius 3 is 2.54 bits per heavy atom. The van der Waals surface area contributed by atoms with E-state index in [2.05, 4.69) is 31.2 Å². The van der Waals surface area contributed by atoms with Gasteiger partial charge in [0.1, 0.15) is 5.82 Å². The molecule has 0 fully saturated rings. The number of aromatic amines is 1. The van der Waals surface area contributed by atoms with Crippen LogP contribution in [0.2, 0.25) is 0 Å². The Bertz CT molecular complexity index is 1070. The van der Waals surface area contributed by atoms with Crippen molar-refractivity contribution in [3.63, 3.8) is 0 Å². The van der Waals surface area contributed by atoms with Crippen LogP contribution in [0.25, 0.3) is 11.0 Å². The number of amides is 1. The third kappa shape index (κ3) is 4.49. The van der Waals surface area contributed by atoms with E-state index in [0.29, 0.717) is 12.1 Å². The smallest absolute Gasteiger partial charge is 0.251 e. The highest BCUT2D eigenvalue weighted by Gasteiger charge is 2.07. The summed E-state index contributed by atoms with van der Waals surface area (Å²) in [4.78, 5) is 20.3. The molecule has 0 radical (unpaired) electrons. The molecule has 0 bridgehead atoms. The van der Waals surface area contributed by atoms with Crippen molar-refractivity contribution >= 4 is 32.9 Å². The minimum Gasteiger partial charge on any atom is -0.348 e. The molecule has 4 rings (SSSR count). The Balaban J connectivity index is 1.33. The number of imidazole rings is 1. The van der Waals surface area contributed by atoms with Crippen LogP contribution in [0.3, 0.4) is 0 Å². The number of nitrogens with one attached hydrogen (secondary N) is 2. The van der Waals surface area contributed by atoms with Crippen molar-refractivity contribution in [1.82, 2.24) is 15.3 Å². The topological polar surface area (TPSA) is 57.8 Å². The summed E-state index contributed by atoms with van der Waals surface area (Å²) in [7, 11) is 0. The first-order chi connectivity index (χ1) is 13.7. The minimum absolute atomic E-state index is 0.0659. The van der Waals surface area contributed by atoms with E-state index in [-0.39, 0.29) is 5.91 Å². The number of aromatic nitrogens is 2. The molecule has 0 unspecified atom stereocenters. The Morgan fingerprint density at radius 2 is 1.75 bits per heavy atom. The number of aryl methyl sites for hydroxylation is 2. The van der Waals surface area contributed by atoms with Crippen LogP contribution >= 0.6 is 15.9 Å². The van der Waals surface area contributed by atoms with Gasteiger partial charge in [0.25, 0.3) is 5.91 Å². The number of fused-ring (bicyclic) bond motifs is 1. The van der Waals surface area contributed by atoms with E-state index in [9.17, 15) is 4.79 Å². The molecule has 0 spiro atoms. The first-order valence-corrected chi connectivity index (χ1v) is 10.0. The fourth-order valence-corrected chi connectivity index (χ4v) is 3.59. The third-order valence-electron chi connectivity index (χ3n) is 4.65. The summed E-state index contributed by atoms with van der Waals surface area (Å²) in [6.45, 7) is 0.506. The van der Waals surface area contributed by atoms with Crippen molar-refractivity contribution in [3.05, 3.63) is 99.8 Å². The second kappa shape index (κ2) is 8.40. The summed E-state index contributed by atoms with van der Waals surface area (Å²) in [6, 6.07) is 23.7. The SMILES string of the molecule is O=C(NCc1cccc(Br)c1)c1ccc(CCc2nc3ccccc3[nH]2)cc1. The van der Waals surface area contributed by atoms with Crippen LogP contribution in [0.1, 0.15) is 27.3 Å². The molecule has 1 heterocycles. The summed E-state index contributed by atoms with van der Waals surface area (Å²) in [5.74, 6) is 0.917. The first kappa shape index (κ1) is 18.4. The maximum atomic E-state index is 12.4. The quantitative estimate of drug-likeness (QED) is 0.447. The molecule has 0 saturated carbocycles. The molecule has 3 aromatic carbocycles. The molecule has 4 nitrogen and oxygen atoms in total. The molecule has 0 aliphatic heterocycles. The van der Waals surface area contributed by atoms with E-state index in [1.54, 1.807) is 0 Å². The highest BCUT2D eigenvalue weighted by atomic mass is 79.9. The predicted octanol–water partition coefficient (Wildman–Crippen LogP) is 5.04. The van der Waals surface area contributed by atoms with Gasteiger partial charge in [0.05, 0.1) is 11.0 Å².